The first-order valence-corrected chi connectivity index (χ1v) is 8.63. The normalized spacial score (nSPS) is 20.9. The molecule has 1 heterocycles. The van der Waals surface area contributed by atoms with E-state index in [4.69, 9.17) is 5.73 Å². The summed E-state index contributed by atoms with van der Waals surface area (Å²) in [4.78, 5) is 40.0. The smallest absolute Gasteiger partial charge is 0.239 e. The summed E-state index contributed by atoms with van der Waals surface area (Å²) in [5.41, 5.74) is 5.87. The molecule has 1 aliphatic carbocycles. The molecular weight excluding hydrogens is 325 g/mol. The largest absolute Gasteiger partial charge is 0.368 e. The van der Waals surface area contributed by atoms with E-state index in [-0.39, 0.29) is 30.2 Å². The first-order valence-electron chi connectivity index (χ1n) is 8.63. The highest BCUT2D eigenvalue weighted by Crippen LogP contribution is 2.30. The van der Waals surface area contributed by atoms with Gasteiger partial charge in [-0.1, -0.05) is 12.8 Å². The molecule has 1 saturated heterocycles. The zero-order valence-electron chi connectivity index (χ0n) is 14.0. The van der Waals surface area contributed by atoms with Gasteiger partial charge in [0.05, 0.1) is 6.54 Å². The van der Waals surface area contributed by atoms with Gasteiger partial charge in [-0.25, -0.2) is 4.39 Å². The molecule has 0 unspecified atom stereocenters. The highest BCUT2D eigenvalue weighted by Gasteiger charge is 2.42. The van der Waals surface area contributed by atoms with Gasteiger partial charge in [0.2, 0.25) is 17.7 Å². The van der Waals surface area contributed by atoms with E-state index in [0.717, 1.165) is 25.7 Å². The zero-order valence-corrected chi connectivity index (χ0v) is 14.0. The predicted octanol–water partition coefficient (Wildman–Crippen LogP) is 1.44. The lowest BCUT2D eigenvalue weighted by molar-refractivity contribution is -0.144. The lowest BCUT2D eigenvalue weighted by Gasteiger charge is -2.29. The van der Waals surface area contributed by atoms with Crippen LogP contribution in [-0.4, -0.2) is 41.8 Å². The molecule has 7 heteroatoms. The Kier molecular flexibility index (Phi) is 5.01. The number of nitrogens with two attached hydrogens (primary N) is 1. The number of hydrogen-bond acceptors (Lipinski definition) is 3. The van der Waals surface area contributed by atoms with Crippen molar-refractivity contribution < 1.29 is 18.8 Å². The predicted molar refractivity (Wildman–Crippen MR) is 90.0 cm³/mol. The highest BCUT2D eigenvalue weighted by atomic mass is 19.1. The van der Waals surface area contributed by atoms with Crippen LogP contribution < -0.4 is 10.6 Å². The Balaban J connectivity index is 1.75. The molecule has 0 aromatic heterocycles. The third kappa shape index (κ3) is 3.65. The number of rotatable bonds is 5. The lowest BCUT2D eigenvalue weighted by Crippen LogP contribution is -2.48. The summed E-state index contributed by atoms with van der Waals surface area (Å²) < 4.78 is 13.1. The fraction of sp³-hybridized carbons (Fsp3) is 0.500. The minimum atomic E-state index is -0.801. The van der Waals surface area contributed by atoms with Gasteiger partial charge in [-0.05, 0) is 43.5 Å². The molecule has 25 heavy (non-hydrogen) atoms. The number of benzene rings is 1. The van der Waals surface area contributed by atoms with Crippen molar-refractivity contribution in [2.24, 2.45) is 11.7 Å². The van der Waals surface area contributed by atoms with Crippen molar-refractivity contribution in [3.05, 3.63) is 30.1 Å². The fourth-order valence-corrected chi connectivity index (χ4v) is 3.76. The van der Waals surface area contributed by atoms with Gasteiger partial charge in [0.15, 0.2) is 0 Å². The van der Waals surface area contributed by atoms with Crippen molar-refractivity contribution in [2.75, 3.05) is 18.0 Å². The second-order valence-corrected chi connectivity index (χ2v) is 6.68. The maximum atomic E-state index is 13.1. The molecule has 1 atom stereocenters. The van der Waals surface area contributed by atoms with Crippen LogP contribution in [0.25, 0.3) is 0 Å². The van der Waals surface area contributed by atoms with Gasteiger partial charge in [0, 0.05) is 18.3 Å². The van der Waals surface area contributed by atoms with Crippen LogP contribution in [0, 0.1) is 11.7 Å². The summed E-state index contributed by atoms with van der Waals surface area (Å²) in [7, 11) is 0. The molecule has 3 rings (SSSR count). The summed E-state index contributed by atoms with van der Waals surface area (Å²) in [5.74, 6) is -2.37. The van der Waals surface area contributed by atoms with Crippen LogP contribution >= 0.6 is 0 Å². The van der Waals surface area contributed by atoms with E-state index >= 15 is 0 Å². The Labute approximate surface area is 145 Å². The third-order valence-corrected chi connectivity index (χ3v) is 5.02. The van der Waals surface area contributed by atoms with Gasteiger partial charge in [0.25, 0.3) is 0 Å². The summed E-state index contributed by atoms with van der Waals surface area (Å²) in [5, 5.41) is 0. The van der Waals surface area contributed by atoms with Crippen molar-refractivity contribution in [3.8, 4) is 0 Å². The fourth-order valence-electron chi connectivity index (χ4n) is 3.76. The number of halogens is 1. The number of primary amides is 1. The topological polar surface area (TPSA) is 83.7 Å². The molecule has 0 spiro atoms. The minimum absolute atomic E-state index is 0.0207. The molecule has 2 fully saturated rings. The van der Waals surface area contributed by atoms with E-state index in [2.05, 4.69) is 0 Å². The average Bonchev–Trinajstić information content (AvgIpc) is 3.23. The summed E-state index contributed by atoms with van der Waals surface area (Å²) in [6.45, 7) is 0.250. The molecule has 3 amide bonds. The lowest BCUT2D eigenvalue weighted by atomic mass is 10.0. The summed E-state index contributed by atoms with van der Waals surface area (Å²) >= 11 is 0. The maximum Gasteiger partial charge on any atom is 0.239 e. The first kappa shape index (κ1) is 17.4. The van der Waals surface area contributed by atoms with Crippen LogP contribution in [0.2, 0.25) is 0 Å². The van der Waals surface area contributed by atoms with Gasteiger partial charge in [-0.15, -0.1) is 0 Å². The number of amides is 3. The van der Waals surface area contributed by atoms with E-state index in [9.17, 15) is 18.8 Å². The average molecular weight is 347 g/mol. The molecule has 6 nitrogen and oxygen atoms in total. The van der Waals surface area contributed by atoms with Crippen LogP contribution in [0.15, 0.2) is 24.3 Å². The van der Waals surface area contributed by atoms with E-state index < -0.39 is 11.8 Å². The molecule has 2 aliphatic rings. The van der Waals surface area contributed by atoms with Gasteiger partial charge in [-0.2, -0.15) is 0 Å². The van der Waals surface area contributed by atoms with Crippen LogP contribution in [0.3, 0.4) is 0 Å². The van der Waals surface area contributed by atoms with Gasteiger partial charge in [0.1, 0.15) is 11.7 Å². The number of hydrogen-bond donors (Lipinski definition) is 1. The molecule has 1 aromatic rings. The highest BCUT2D eigenvalue weighted by molar-refractivity contribution is 6.10. The van der Waals surface area contributed by atoms with Crippen molar-refractivity contribution in [1.29, 1.82) is 0 Å². The van der Waals surface area contributed by atoms with Crippen LogP contribution in [0.5, 0.6) is 0 Å². The molecule has 0 radical (unpaired) electrons. The van der Waals surface area contributed by atoms with Crippen molar-refractivity contribution in [3.63, 3.8) is 0 Å². The number of carbonyl (C=O) groups is 3. The Morgan fingerprint density at radius 2 is 1.80 bits per heavy atom. The molecule has 134 valence electrons. The van der Waals surface area contributed by atoms with E-state index in [1.807, 2.05) is 0 Å². The van der Waals surface area contributed by atoms with Gasteiger partial charge >= 0.3 is 0 Å². The molecule has 0 bridgehead atoms. The van der Waals surface area contributed by atoms with E-state index in [1.54, 1.807) is 0 Å². The van der Waals surface area contributed by atoms with Crippen LogP contribution in [0.4, 0.5) is 10.1 Å². The van der Waals surface area contributed by atoms with E-state index in [1.165, 1.54) is 34.1 Å². The Hall–Kier alpha value is -2.44. The number of anilines is 1. The molecule has 2 N–H and O–H groups in total. The monoisotopic (exact) mass is 347 g/mol. The van der Waals surface area contributed by atoms with Gasteiger partial charge < -0.3 is 15.5 Å². The molecule has 1 aromatic carbocycles. The third-order valence-electron chi connectivity index (χ3n) is 5.02. The minimum Gasteiger partial charge on any atom is -0.368 e. The second kappa shape index (κ2) is 7.21. The van der Waals surface area contributed by atoms with E-state index in [0.29, 0.717) is 18.7 Å². The summed E-state index contributed by atoms with van der Waals surface area (Å²) in [6, 6.07) is 5.61. The first-order chi connectivity index (χ1) is 12.0. The Bertz CT molecular complexity index is 671. The Morgan fingerprint density at radius 1 is 1.16 bits per heavy atom. The SMILES string of the molecule is NC(=O)CN(C(=O)[C@H]1CCN(c2ccc(F)cc2)C1=O)C1CCCC1. The zero-order chi connectivity index (χ0) is 18.0. The quantitative estimate of drug-likeness (QED) is 0.818. The second-order valence-electron chi connectivity index (χ2n) is 6.68. The molecule has 1 saturated carbocycles. The molecular formula is C18H22FN3O3. The van der Waals surface area contributed by atoms with Crippen LogP contribution in [-0.2, 0) is 14.4 Å². The Morgan fingerprint density at radius 3 is 2.40 bits per heavy atom. The van der Waals surface area contributed by atoms with Crippen molar-refractivity contribution in [2.45, 2.75) is 38.1 Å². The molecule has 1 aliphatic heterocycles. The number of nitrogens with zero attached hydrogens (tertiary/aromatic N) is 2. The van der Waals surface area contributed by atoms with Crippen molar-refractivity contribution in [1.82, 2.24) is 4.90 Å². The standard InChI is InChI=1S/C18H22FN3O3/c19-12-5-7-14(8-6-12)21-10-9-15(17(21)24)18(25)22(11-16(20)23)13-3-1-2-4-13/h5-8,13,15H,1-4,9-11H2,(H2,20,23)/t15-/m0/s1. The van der Waals surface area contributed by atoms with Crippen molar-refractivity contribution >= 4 is 23.4 Å². The number of carbonyl (C=O) groups excluding carboxylic acids is 3. The maximum absolute atomic E-state index is 13.1. The van der Waals surface area contributed by atoms with Crippen LogP contribution in [0.1, 0.15) is 32.1 Å². The summed E-state index contributed by atoms with van der Waals surface area (Å²) in [6.07, 6.45) is 4.07. The van der Waals surface area contributed by atoms with Gasteiger partial charge in [-0.3, -0.25) is 14.4 Å².